The third kappa shape index (κ3) is 5.64. The van der Waals surface area contributed by atoms with Gasteiger partial charge in [0.05, 0.1) is 12.2 Å². The van der Waals surface area contributed by atoms with Crippen LogP contribution in [0.1, 0.15) is 0 Å². The minimum atomic E-state index is -4.78. The maximum Gasteiger partial charge on any atom is 0.415 e. The van der Waals surface area contributed by atoms with Crippen LogP contribution in [-0.4, -0.2) is 48.3 Å². The molecule has 1 rings (SSSR count). The maximum atomic E-state index is 13.3. The average Bonchev–Trinajstić information content (AvgIpc) is 2.31. The predicted octanol–water partition coefficient (Wildman–Crippen LogP) is 1.76. The number of anilines is 1. The van der Waals surface area contributed by atoms with Gasteiger partial charge in [-0.1, -0.05) is 0 Å². The normalized spacial score (nSPS) is 13.3. The molecule has 2 N–H and O–H groups in total. The van der Waals surface area contributed by atoms with Crippen molar-refractivity contribution in [2.24, 2.45) is 0 Å². The van der Waals surface area contributed by atoms with E-state index in [2.05, 4.69) is 5.32 Å². The van der Waals surface area contributed by atoms with E-state index in [1.807, 2.05) is 0 Å². The van der Waals surface area contributed by atoms with E-state index in [4.69, 9.17) is 5.11 Å². The standard InChI is InChI=1S/C12H13F5N2O2/c1-19(5-10(20)12(15,16)17)6-11(21)18-9-3-2-7(13)4-8(9)14/h2-4,10,20H,5-6H2,1H3,(H,18,21). The Morgan fingerprint density at radius 1 is 1.38 bits per heavy atom. The Labute approximate surface area is 117 Å². The number of aliphatic hydroxyl groups excluding tert-OH is 1. The van der Waals surface area contributed by atoms with Crippen LogP contribution < -0.4 is 5.32 Å². The highest BCUT2D eigenvalue weighted by molar-refractivity contribution is 5.92. The van der Waals surface area contributed by atoms with Gasteiger partial charge in [-0.05, 0) is 19.2 Å². The van der Waals surface area contributed by atoms with Crippen LogP contribution in [-0.2, 0) is 4.79 Å². The topological polar surface area (TPSA) is 52.6 Å². The van der Waals surface area contributed by atoms with Gasteiger partial charge in [-0.25, -0.2) is 8.78 Å². The van der Waals surface area contributed by atoms with Crippen LogP contribution in [0.15, 0.2) is 18.2 Å². The van der Waals surface area contributed by atoms with Gasteiger partial charge < -0.3 is 10.4 Å². The molecule has 0 aliphatic carbocycles. The highest BCUT2D eigenvalue weighted by Crippen LogP contribution is 2.20. The number of nitrogens with zero attached hydrogens (tertiary/aromatic N) is 1. The number of aliphatic hydroxyl groups is 1. The molecule has 1 aromatic carbocycles. The first-order valence-corrected chi connectivity index (χ1v) is 5.78. The summed E-state index contributed by atoms with van der Waals surface area (Å²) in [5.41, 5.74) is -0.286. The molecular formula is C12H13F5N2O2. The van der Waals surface area contributed by atoms with Crippen LogP contribution in [0.3, 0.4) is 0 Å². The summed E-state index contributed by atoms with van der Waals surface area (Å²) >= 11 is 0. The second-order valence-electron chi connectivity index (χ2n) is 4.43. The number of hydrogen-bond donors (Lipinski definition) is 2. The molecule has 9 heteroatoms. The molecule has 4 nitrogen and oxygen atoms in total. The molecule has 118 valence electrons. The van der Waals surface area contributed by atoms with Gasteiger partial charge in [0.2, 0.25) is 5.91 Å². The lowest BCUT2D eigenvalue weighted by molar-refractivity contribution is -0.207. The molecule has 21 heavy (non-hydrogen) atoms. The number of carbonyl (C=O) groups excluding carboxylic acids is 1. The second-order valence-corrected chi connectivity index (χ2v) is 4.43. The van der Waals surface area contributed by atoms with Crippen LogP contribution in [0.2, 0.25) is 0 Å². The van der Waals surface area contributed by atoms with Gasteiger partial charge in [0.15, 0.2) is 6.10 Å². The Balaban J connectivity index is 2.53. The predicted molar refractivity (Wildman–Crippen MR) is 64.5 cm³/mol. The van der Waals surface area contributed by atoms with E-state index in [0.29, 0.717) is 6.07 Å². The van der Waals surface area contributed by atoms with Crippen molar-refractivity contribution in [2.45, 2.75) is 12.3 Å². The summed E-state index contributed by atoms with van der Waals surface area (Å²) in [5, 5.41) is 10.9. The number of alkyl halides is 3. The lowest BCUT2D eigenvalue weighted by Crippen LogP contribution is -2.42. The number of hydrogen-bond acceptors (Lipinski definition) is 3. The van der Waals surface area contributed by atoms with Gasteiger partial charge >= 0.3 is 6.18 Å². The van der Waals surface area contributed by atoms with Crippen molar-refractivity contribution in [3.8, 4) is 0 Å². The Bertz CT molecular complexity index is 507. The molecule has 0 saturated heterocycles. The van der Waals surface area contributed by atoms with E-state index in [1.165, 1.54) is 7.05 Å². The van der Waals surface area contributed by atoms with Gasteiger partial charge in [0, 0.05) is 12.6 Å². The summed E-state index contributed by atoms with van der Waals surface area (Å²) in [4.78, 5) is 12.4. The lowest BCUT2D eigenvalue weighted by atomic mass is 10.3. The summed E-state index contributed by atoms with van der Waals surface area (Å²) in [6, 6.07) is 2.48. The van der Waals surface area contributed by atoms with Gasteiger partial charge in [0.1, 0.15) is 11.6 Å². The first kappa shape index (κ1) is 17.3. The Morgan fingerprint density at radius 2 is 2.00 bits per heavy atom. The first-order valence-electron chi connectivity index (χ1n) is 5.78. The molecule has 1 amide bonds. The monoisotopic (exact) mass is 312 g/mol. The summed E-state index contributed by atoms with van der Waals surface area (Å²) in [5.74, 6) is -2.62. The van der Waals surface area contributed by atoms with Crippen LogP contribution in [0.25, 0.3) is 0 Å². The highest BCUT2D eigenvalue weighted by atomic mass is 19.4. The fourth-order valence-electron chi connectivity index (χ4n) is 1.49. The van der Waals surface area contributed by atoms with Crippen LogP contribution in [0.4, 0.5) is 27.6 Å². The summed E-state index contributed by atoms with van der Waals surface area (Å²) in [7, 11) is 1.19. The van der Waals surface area contributed by atoms with Gasteiger partial charge in [0.25, 0.3) is 0 Å². The van der Waals surface area contributed by atoms with Gasteiger partial charge in [-0.3, -0.25) is 9.69 Å². The van der Waals surface area contributed by atoms with E-state index >= 15 is 0 Å². The largest absolute Gasteiger partial charge is 0.415 e. The number of nitrogens with one attached hydrogen (secondary N) is 1. The Hall–Kier alpha value is -1.74. The maximum absolute atomic E-state index is 13.3. The van der Waals surface area contributed by atoms with Gasteiger partial charge in [-0.15, -0.1) is 0 Å². The Morgan fingerprint density at radius 3 is 2.52 bits per heavy atom. The third-order valence-corrected chi connectivity index (χ3v) is 2.48. The average molecular weight is 312 g/mol. The number of benzene rings is 1. The minimum Gasteiger partial charge on any atom is -0.382 e. The molecule has 1 unspecified atom stereocenters. The molecule has 0 bridgehead atoms. The fraction of sp³-hybridized carbons (Fsp3) is 0.417. The number of amides is 1. The summed E-state index contributed by atoms with van der Waals surface area (Å²) in [6.07, 6.45) is -7.37. The number of likely N-dealkylation sites (N-methyl/N-ethyl adjacent to an activating group) is 1. The number of halogens is 5. The molecule has 0 saturated carbocycles. The highest BCUT2D eigenvalue weighted by Gasteiger charge is 2.38. The number of rotatable bonds is 5. The van der Waals surface area contributed by atoms with Crippen molar-refractivity contribution >= 4 is 11.6 Å². The summed E-state index contributed by atoms with van der Waals surface area (Å²) < 4.78 is 62.3. The third-order valence-electron chi connectivity index (χ3n) is 2.48. The fourth-order valence-corrected chi connectivity index (χ4v) is 1.49. The molecule has 0 heterocycles. The molecule has 0 aromatic heterocycles. The minimum absolute atomic E-state index is 0.286. The van der Waals surface area contributed by atoms with Crippen LogP contribution in [0, 0.1) is 11.6 Å². The zero-order valence-electron chi connectivity index (χ0n) is 10.9. The van der Waals surface area contributed by atoms with Crippen molar-refractivity contribution < 1.29 is 31.9 Å². The zero-order valence-corrected chi connectivity index (χ0v) is 10.9. The molecule has 0 fully saturated rings. The van der Waals surface area contributed by atoms with E-state index in [9.17, 15) is 26.7 Å². The number of carbonyl (C=O) groups is 1. The zero-order chi connectivity index (χ0) is 16.2. The molecular weight excluding hydrogens is 299 g/mol. The van der Waals surface area contributed by atoms with Crippen molar-refractivity contribution in [3.63, 3.8) is 0 Å². The van der Waals surface area contributed by atoms with Crippen LogP contribution in [0.5, 0.6) is 0 Å². The molecule has 1 aromatic rings. The van der Waals surface area contributed by atoms with E-state index in [1.54, 1.807) is 0 Å². The molecule has 0 spiro atoms. The van der Waals surface area contributed by atoms with Crippen molar-refractivity contribution in [1.29, 1.82) is 0 Å². The quantitative estimate of drug-likeness (QED) is 0.815. The van der Waals surface area contributed by atoms with E-state index < -0.39 is 42.9 Å². The van der Waals surface area contributed by atoms with E-state index in [-0.39, 0.29) is 5.69 Å². The molecule has 0 aliphatic heterocycles. The van der Waals surface area contributed by atoms with Crippen molar-refractivity contribution in [2.75, 3.05) is 25.5 Å². The lowest BCUT2D eigenvalue weighted by Gasteiger charge is -2.21. The molecule has 0 aliphatic rings. The Kier molecular flexibility index (Phi) is 5.62. The SMILES string of the molecule is CN(CC(=O)Nc1ccc(F)cc1F)CC(O)C(F)(F)F. The van der Waals surface area contributed by atoms with Gasteiger partial charge in [-0.2, -0.15) is 13.2 Å². The molecule has 1 atom stereocenters. The van der Waals surface area contributed by atoms with Crippen LogP contribution >= 0.6 is 0 Å². The summed E-state index contributed by atoms with van der Waals surface area (Å²) in [6.45, 7) is -1.30. The molecule has 0 radical (unpaired) electrons. The second kappa shape index (κ2) is 6.81. The van der Waals surface area contributed by atoms with Crippen molar-refractivity contribution in [3.05, 3.63) is 29.8 Å². The van der Waals surface area contributed by atoms with Crippen molar-refractivity contribution in [1.82, 2.24) is 4.90 Å². The smallest absolute Gasteiger partial charge is 0.382 e. The van der Waals surface area contributed by atoms with E-state index in [0.717, 1.165) is 17.0 Å². The first-order chi connectivity index (χ1) is 9.59.